The van der Waals surface area contributed by atoms with Crippen LogP contribution in [-0.4, -0.2) is 44.5 Å². The van der Waals surface area contributed by atoms with E-state index in [1.54, 1.807) is 0 Å². The molecule has 0 saturated carbocycles. The molecule has 2 heterocycles. The topological polar surface area (TPSA) is 41.3 Å². The molecule has 2 rings (SSSR count). The number of likely N-dealkylation sites (tertiary alicyclic amines) is 1. The number of hydrogen-bond donors (Lipinski definition) is 1. The quantitative estimate of drug-likeness (QED) is 0.921. The minimum absolute atomic E-state index is 0.379. The van der Waals surface area contributed by atoms with Gasteiger partial charge in [0.05, 0.1) is 11.3 Å². The number of aliphatic hydroxyl groups is 1. The highest BCUT2D eigenvalue weighted by molar-refractivity contribution is 5.05. The molecule has 0 bridgehead atoms. The zero-order chi connectivity index (χ0) is 14.8. The predicted molar refractivity (Wildman–Crippen MR) is 81.8 cm³/mol. The lowest BCUT2D eigenvalue weighted by atomic mass is 9.90. The van der Waals surface area contributed by atoms with Crippen LogP contribution in [0.2, 0.25) is 0 Å². The number of nitrogens with zero attached hydrogens (tertiary/aromatic N) is 3. The Morgan fingerprint density at radius 3 is 2.55 bits per heavy atom. The standard InChI is InChI=1S/C16H29N3O/c1-13(2)18-9-5-7-16(20,8-11-18)12-15-6-10-19(17-15)14(3)4/h6,10,13-14,20H,5,7-9,11-12H2,1-4H3. The van der Waals surface area contributed by atoms with Gasteiger partial charge in [-0.25, -0.2) is 0 Å². The first-order valence-corrected chi connectivity index (χ1v) is 7.90. The van der Waals surface area contributed by atoms with E-state index in [4.69, 9.17) is 0 Å². The van der Waals surface area contributed by atoms with Crippen LogP contribution in [0.1, 0.15) is 58.7 Å². The largest absolute Gasteiger partial charge is 0.389 e. The van der Waals surface area contributed by atoms with E-state index in [2.05, 4.69) is 37.7 Å². The molecule has 0 amide bonds. The molecule has 0 radical (unpaired) electrons. The SMILES string of the molecule is CC(C)N1CCCC(O)(Cc2ccn(C(C)C)n2)CC1. The first-order chi connectivity index (χ1) is 9.39. The van der Waals surface area contributed by atoms with Crippen molar-refractivity contribution < 1.29 is 5.11 Å². The fraction of sp³-hybridized carbons (Fsp3) is 0.812. The molecule has 1 aromatic rings. The first-order valence-electron chi connectivity index (χ1n) is 7.90. The maximum absolute atomic E-state index is 10.9. The van der Waals surface area contributed by atoms with Crippen LogP contribution < -0.4 is 0 Å². The van der Waals surface area contributed by atoms with Crippen LogP contribution >= 0.6 is 0 Å². The van der Waals surface area contributed by atoms with Gasteiger partial charge in [0, 0.05) is 31.2 Å². The van der Waals surface area contributed by atoms with Gasteiger partial charge in [-0.1, -0.05) is 0 Å². The van der Waals surface area contributed by atoms with E-state index in [-0.39, 0.29) is 0 Å². The van der Waals surface area contributed by atoms with Gasteiger partial charge in [0.25, 0.3) is 0 Å². The summed E-state index contributed by atoms with van der Waals surface area (Å²) in [6.07, 6.45) is 5.49. The molecule has 1 atom stereocenters. The van der Waals surface area contributed by atoms with Gasteiger partial charge in [-0.15, -0.1) is 0 Å². The number of aromatic nitrogens is 2. The monoisotopic (exact) mass is 279 g/mol. The lowest BCUT2D eigenvalue weighted by Crippen LogP contribution is -2.35. The average molecular weight is 279 g/mol. The minimum atomic E-state index is -0.584. The van der Waals surface area contributed by atoms with E-state index in [9.17, 15) is 5.11 Å². The molecule has 0 aromatic carbocycles. The minimum Gasteiger partial charge on any atom is -0.389 e. The number of hydrogen-bond acceptors (Lipinski definition) is 3. The van der Waals surface area contributed by atoms with Crippen LogP contribution in [-0.2, 0) is 6.42 Å². The Balaban J connectivity index is 1.99. The molecule has 20 heavy (non-hydrogen) atoms. The summed E-state index contributed by atoms with van der Waals surface area (Å²) in [6.45, 7) is 10.8. The molecule has 114 valence electrons. The van der Waals surface area contributed by atoms with Crippen molar-refractivity contribution in [2.45, 2.75) is 71.1 Å². The zero-order valence-corrected chi connectivity index (χ0v) is 13.3. The highest BCUT2D eigenvalue weighted by Crippen LogP contribution is 2.27. The average Bonchev–Trinajstić information content (AvgIpc) is 2.72. The molecule has 4 heteroatoms. The highest BCUT2D eigenvalue weighted by Gasteiger charge is 2.31. The Morgan fingerprint density at radius 2 is 1.95 bits per heavy atom. The Labute approximate surface area is 122 Å². The van der Waals surface area contributed by atoms with E-state index >= 15 is 0 Å². The van der Waals surface area contributed by atoms with Crippen LogP contribution in [0.25, 0.3) is 0 Å². The van der Waals surface area contributed by atoms with E-state index in [1.165, 1.54) is 0 Å². The van der Waals surface area contributed by atoms with Crippen molar-refractivity contribution in [1.29, 1.82) is 0 Å². The normalized spacial score (nSPS) is 25.4. The second-order valence-corrected chi connectivity index (χ2v) is 6.77. The van der Waals surface area contributed by atoms with Gasteiger partial charge in [-0.3, -0.25) is 4.68 Å². The summed E-state index contributed by atoms with van der Waals surface area (Å²) < 4.78 is 1.97. The lowest BCUT2D eigenvalue weighted by Gasteiger charge is -2.27. The summed E-state index contributed by atoms with van der Waals surface area (Å²) in [5.41, 5.74) is 0.430. The van der Waals surface area contributed by atoms with Crippen molar-refractivity contribution in [3.05, 3.63) is 18.0 Å². The Morgan fingerprint density at radius 1 is 1.20 bits per heavy atom. The molecule has 4 nitrogen and oxygen atoms in total. The predicted octanol–water partition coefficient (Wildman–Crippen LogP) is 2.63. The van der Waals surface area contributed by atoms with Gasteiger partial charge >= 0.3 is 0 Å². The third-order valence-corrected chi connectivity index (χ3v) is 4.38. The second kappa shape index (κ2) is 6.27. The molecular formula is C16H29N3O. The molecule has 1 aromatic heterocycles. The first kappa shape index (κ1) is 15.5. The van der Waals surface area contributed by atoms with Gasteiger partial charge in [0.2, 0.25) is 0 Å². The van der Waals surface area contributed by atoms with Crippen LogP contribution in [0.4, 0.5) is 0 Å². The summed E-state index contributed by atoms with van der Waals surface area (Å²) in [5, 5.41) is 15.5. The smallest absolute Gasteiger partial charge is 0.0716 e. The van der Waals surface area contributed by atoms with Crippen molar-refractivity contribution in [1.82, 2.24) is 14.7 Å². The third kappa shape index (κ3) is 3.83. The van der Waals surface area contributed by atoms with Crippen molar-refractivity contribution in [2.24, 2.45) is 0 Å². The summed E-state index contributed by atoms with van der Waals surface area (Å²) in [5.74, 6) is 0. The molecule has 0 aliphatic carbocycles. The number of rotatable bonds is 4. The van der Waals surface area contributed by atoms with Gasteiger partial charge in [0.15, 0.2) is 0 Å². The molecule has 1 aliphatic rings. The molecule has 0 spiro atoms. The van der Waals surface area contributed by atoms with E-state index in [1.807, 2.05) is 16.9 Å². The third-order valence-electron chi connectivity index (χ3n) is 4.38. The van der Waals surface area contributed by atoms with E-state index in [0.717, 1.165) is 38.0 Å². The van der Waals surface area contributed by atoms with Crippen LogP contribution in [0.3, 0.4) is 0 Å². The maximum Gasteiger partial charge on any atom is 0.0716 e. The summed E-state index contributed by atoms with van der Waals surface area (Å²) in [6, 6.07) is 2.99. The lowest BCUT2D eigenvalue weighted by molar-refractivity contribution is 0.0238. The van der Waals surface area contributed by atoms with Gasteiger partial charge in [0.1, 0.15) is 0 Å². The zero-order valence-electron chi connectivity index (χ0n) is 13.3. The van der Waals surface area contributed by atoms with E-state index in [0.29, 0.717) is 18.5 Å². The van der Waals surface area contributed by atoms with Gasteiger partial charge < -0.3 is 10.0 Å². The summed E-state index contributed by atoms with van der Waals surface area (Å²) in [7, 11) is 0. The summed E-state index contributed by atoms with van der Waals surface area (Å²) >= 11 is 0. The molecule has 1 aliphatic heterocycles. The Hall–Kier alpha value is -0.870. The van der Waals surface area contributed by atoms with Gasteiger partial charge in [-0.05, 0) is 59.6 Å². The Kier molecular flexibility index (Phi) is 4.86. The fourth-order valence-electron chi connectivity index (χ4n) is 2.99. The van der Waals surface area contributed by atoms with Crippen molar-refractivity contribution in [2.75, 3.05) is 13.1 Å². The van der Waals surface area contributed by atoms with Crippen LogP contribution in [0.15, 0.2) is 12.3 Å². The van der Waals surface area contributed by atoms with Crippen LogP contribution in [0, 0.1) is 0 Å². The Bertz CT molecular complexity index is 427. The fourth-order valence-corrected chi connectivity index (χ4v) is 2.99. The highest BCUT2D eigenvalue weighted by atomic mass is 16.3. The molecule has 1 fully saturated rings. The molecule has 1 unspecified atom stereocenters. The van der Waals surface area contributed by atoms with Gasteiger partial charge in [-0.2, -0.15) is 5.10 Å². The van der Waals surface area contributed by atoms with Crippen LogP contribution in [0.5, 0.6) is 0 Å². The summed E-state index contributed by atoms with van der Waals surface area (Å²) in [4.78, 5) is 2.46. The second-order valence-electron chi connectivity index (χ2n) is 6.77. The van der Waals surface area contributed by atoms with E-state index < -0.39 is 5.60 Å². The molecular weight excluding hydrogens is 250 g/mol. The van der Waals surface area contributed by atoms with Crippen molar-refractivity contribution >= 4 is 0 Å². The molecule has 1 saturated heterocycles. The molecule has 1 N–H and O–H groups in total. The van der Waals surface area contributed by atoms with Crippen molar-refractivity contribution in [3.63, 3.8) is 0 Å². The van der Waals surface area contributed by atoms with Crippen molar-refractivity contribution in [3.8, 4) is 0 Å². The maximum atomic E-state index is 10.9.